The Morgan fingerprint density at radius 3 is 2.34 bits per heavy atom. The predicted octanol–water partition coefficient (Wildman–Crippen LogP) is 4.12. The van der Waals surface area contributed by atoms with E-state index in [1.54, 1.807) is 52.7 Å². The third kappa shape index (κ3) is 3.61. The van der Waals surface area contributed by atoms with E-state index >= 15 is 0 Å². The topological polar surface area (TPSA) is 101 Å². The first kappa shape index (κ1) is 18.8. The number of ether oxygens (including phenoxy) is 4. The van der Waals surface area contributed by atoms with E-state index in [1.807, 2.05) is 6.07 Å². The van der Waals surface area contributed by atoms with Gasteiger partial charge in [-0.1, -0.05) is 16.4 Å². The minimum absolute atomic E-state index is 0.211. The molecule has 150 valence electrons. The van der Waals surface area contributed by atoms with Gasteiger partial charge in [0.15, 0.2) is 5.13 Å². The summed E-state index contributed by atoms with van der Waals surface area (Å²) in [6, 6.07) is 9.23. The van der Waals surface area contributed by atoms with Crippen LogP contribution in [0.5, 0.6) is 23.0 Å². The second kappa shape index (κ2) is 7.84. The Morgan fingerprint density at radius 2 is 1.62 bits per heavy atom. The van der Waals surface area contributed by atoms with Crippen molar-refractivity contribution in [3.63, 3.8) is 0 Å². The van der Waals surface area contributed by atoms with Crippen LogP contribution in [0, 0.1) is 0 Å². The molecule has 0 amide bonds. The van der Waals surface area contributed by atoms with Gasteiger partial charge in [0, 0.05) is 12.1 Å². The Bertz CT molecular complexity index is 1160. The van der Waals surface area contributed by atoms with Crippen LogP contribution >= 0.6 is 11.3 Å². The number of thiazole rings is 1. The van der Waals surface area contributed by atoms with Crippen molar-refractivity contribution in [1.82, 2.24) is 15.2 Å². The molecule has 2 heterocycles. The van der Waals surface area contributed by atoms with Gasteiger partial charge in [-0.25, -0.2) is 4.98 Å². The molecular formula is C19H18N4O5S. The first-order valence-electron chi connectivity index (χ1n) is 8.50. The number of methoxy groups -OCH3 is 4. The van der Waals surface area contributed by atoms with Crippen molar-refractivity contribution in [2.75, 3.05) is 33.8 Å². The molecule has 10 heteroatoms. The summed E-state index contributed by atoms with van der Waals surface area (Å²) in [5, 5.41) is 11.8. The van der Waals surface area contributed by atoms with Crippen molar-refractivity contribution < 1.29 is 23.4 Å². The molecule has 0 spiro atoms. The fourth-order valence-electron chi connectivity index (χ4n) is 2.75. The smallest absolute Gasteiger partial charge is 0.322 e. The summed E-state index contributed by atoms with van der Waals surface area (Å²) in [6.07, 6.45) is 0. The van der Waals surface area contributed by atoms with Crippen molar-refractivity contribution in [2.45, 2.75) is 0 Å². The number of nitrogens with zero attached hydrogens (tertiary/aromatic N) is 3. The normalized spacial score (nSPS) is 10.8. The van der Waals surface area contributed by atoms with Crippen LogP contribution in [-0.4, -0.2) is 43.6 Å². The van der Waals surface area contributed by atoms with Crippen LogP contribution in [0.2, 0.25) is 0 Å². The van der Waals surface area contributed by atoms with Crippen LogP contribution in [0.3, 0.4) is 0 Å². The fraction of sp³-hybridized carbons (Fsp3) is 0.211. The van der Waals surface area contributed by atoms with Crippen LogP contribution in [0.25, 0.3) is 21.7 Å². The van der Waals surface area contributed by atoms with E-state index in [1.165, 1.54) is 11.3 Å². The second-order valence-electron chi connectivity index (χ2n) is 5.80. The van der Waals surface area contributed by atoms with Gasteiger partial charge in [0.1, 0.15) is 28.5 Å². The Balaban J connectivity index is 1.63. The molecule has 4 aromatic rings. The zero-order valence-corrected chi connectivity index (χ0v) is 17.0. The second-order valence-corrected chi connectivity index (χ2v) is 6.83. The quantitative estimate of drug-likeness (QED) is 0.478. The molecule has 0 saturated carbocycles. The van der Waals surface area contributed by atoms with Gasteiger partial charge in [-0.05, 0) is 18.2 Å². The maximum atomic E-state index is 5.74. The minimum atomic E-state index is 0.211. The lowest BCUT2D eigenvalue weighted by atomic mass is 10.2. The lowest BCUT2D eigenvalue weighted by molar-refractivity contribution is 0.394. The SMILES string of the molecule is COc1ccc(-c2nnc(Nc3nc4c(OC)cc(OC)cc4s3)o2)c(OC)c1. The molecule has 0 saturated heterocycles. The molecule has 0 aliphatic heterocycles. The third-order valence-electron chi connectivity index (χ3n) is 4.17. The number of hydrogen-bond acceptors (Lipinski definition) is 10. The van der Waals surface area contributed by atoms with Crippen LogP contribution in [0.1, 0.15) is 0 Å². The van der Waals surface area contributed by atoms with Gasteiger partial charge in [-0.15, -0.1) is 5.10 Å². The van der Waals surface area contributed by atoms with Crippen molar-refractivity contribution >= 4 is 32.7 Å². The average molecular weight is 414 g/mol. The van der Waals surface area contributed by atoms with E-state index in [4.69, 9.17) is 23.4 Å². The Labute approximate surface area is 170 Å². The van der Waals surface area contributed by atoms with Crippen molar-refractivity contribution in [1.29, 1.82) is 0 Å². The molecule has 9 nitrogen and oxygen atoms in total. The largest absolute Gasteiger partial charge is 0.497 e. The van der Waals surface area contributed by atoms with Gasteiger partial charge < -0.3 is 23.4 Å². The summed E-state index contributed by atoms with van der Waals surface area (Å²) in [6.45, 7) is 0. The Hall–Kier alpha value is -3.53. The van der Waals surface area contributed by atoms with Crippen molar-refractivity contribution in [3.8, 4) is 34.5 Å². The number of aromatic nitrogens is 3. The number of hydrogen-bond donors (Lipinski definition) is 1. The number of anilines is 2. The molecule has 0 fully saturated rings. The number of fused-ring (bicyclic) bond motifs is 1. The van der Waals surface area contributed by atoms with Gasteiger partial charge in [-0.2, -0.15) is 0 Å². The van der Waals surface area contributed by atoms with Crippen molar-refractivity contribution in [3.05, 3.63) is 30.3 Å². The highest BCUT2D eigenvalue weighted by molar-refractivity contribution is 7.22. The van der Waals surface area contributed by atoms with E-state index < -0.39 is 0 Å². The lowest BCUT2D eigenvalue weighted by Gasteiger charge is -2.07. The summed E-state index contributed by atoms with van der Waals surface area (Å²) in [5.41, 5.74) is 1.38. The van der Waals surface area contributed by atoms with Crippen LogP contribution in [0.15, 0.2) is 34.7 Å². The monoisotopic (exact) mass is 414 g/mol. The number of benzene rings is 2. The van der Waals surface area contributed by atoms with Crippen molar-refractivity contribution in [2.24, 2.45) is 0 Å². The summed E-state index contributed by atoms with van der Waals surface area (Å²) in [7, 11) is 6.35. The predicted molar refractivity (Wildman–Crippen MR) is 109 cm³/mol. The maximum absolute atomic E-state index is 5.74. The molecule has 0 atom stereocenters. The highest BCUT2D eigenvalue weighted by atomic mass is 32.1. The van der Waals surface area contributed by atoms with Crippen LogP contribution in [0.4, 0.5) is 11.1 Å². The molecule has 2 aromatic heterocycles. The highest BCUT2D eigenvalue weighted by Crippen LogP contribution is 2.38. The summed E-state index contributed by atoms with van der Waals surface area (Å²) in [4.78, 5) is 4.55. The molecule has 2 aromatic carbocycles. The summed E-state index contributed by atoms with van der Waals surface area (Å²) in [5.74, 6) is 2.86. The minimum Gasteiger partial charge on any atom is -0.497 e. The van der Waals surface area contributed by atoms with Crippen LogP contribution in [-0.2, 0) is 0 Å². The maximum Gasteiger partial charge on any atom is 0.322 e. The molecule has 0 aliphatic carbocycles. The molecular weight excluding hydrogens is 396 g/mol. The highest BCUT2D eigenvalue weighted by Gasteiger charge is 2.17. The molecule has 4 rings (SSSR count). The first-order chi connectivity index (χ1) is 14.1. The molecule has 0 radical (unpaired) electrons. The molecule has 0 bridgehead atoms. The first-order valence-corrected chi connectivity index (χ1v) is 9.32. The zero-order chi connectivity index (χ0) is 20.4. The van der Waals surface area contributed by atoms with Gasteiger partial charge >= 0.3 is 6.01 Å². The van der Waals surface area contributed by atoms with Gasteiger partial charge in [0.25, 0.3) is 5.89 Å². The fourth-order valence-corrected chi connectivity index (χ4v) is 3.65. The van der Waals surface area contributed by atoms with Gasteiger partial charge in [0.2, 0.25) is 0 Å². The third-order valence-corrected chi connectivity index (χ3v) is 5.08. The van der Waals surface area contributed by atoms with Crippen LogP contribution < -0.4 is 24.3 Å². The lowest BCUT2D eigenvalue weighted by Crippen LogP contribution is -1.90. The average Bonchev–Trinajstić information content (AvgIpc) is 3.39. The van der Waals surface area contributed by atoms with Gasteiger partial charge in [-0.3, -0.25) is 5.32 Å². The summed E-state index contributed by atoms with van der Waals surface area (Å²) >= 11 is 1.42. The van der Waals surface area contributed by atoms with E-state index in [2.05, 4.69) is 20.5 Å². The standard InChI is InChI=1S/C19H18N4O5S/c1-24-10-5-6-12(13(7-10)26-3)17-22-23-18(28-17)21-19-20-16-14(27-4)8-11(25-2)9-15(16)29-19/h5-9H,1-4H3,(H,20,21,23). The molecule has 29 heavy (non-hydrogen) atoms. The number of nitrogens with one attached hydrogen (secondary N) is 1. The molecule has 0 aliphatic rings. The van der Waals surface area contributed by atoms with E-state index in [-0.39, 0.29) is 6.01 Å². The van der Waals surface area contributed by atoms with E-state index in [9.17, 15) is 0 Å². The Morgan fingerprint density at radius 1 is 0.862 bits per heavy atom. The molecule has 0 unspecified atom stereocenters. The van der Waals surface area contributed by atoms with Gasteiger partial charge in [0.05, 0.1) is 38.7 Å². The number of rotatable bonds is 7. The zero-order valence-electron chi connectivity index (χ0n) is 16.2. The van der Waals surface area contributed by atoms with E-state index in [0.29, 0.717) is 39.6 Å². The summed E-state index contributed by atoms with van der Waals surface area (Å²) < 4.78 is 28.0. The Kier molecular flexibility index (Phi) is 5.09. The molecule has 1 N–H and O–H groups in total. The van der Waals surface area contributed by atoms with E-state index in [0.717, 1.165) is 10.2 Å².